The first-order valence-corrected chi connectivity index (χ1v) is 6.19. The van der Waals surface area contributed by atoms with Crippen molar-refractivity contribution in [3.63, 3.8) is 0 Å². The first-order chi connectivity index (χ1) is 9.52. The van der Waals surface area contributed by atoms with Crippen LogP contribution in [-0.4, -0.2) is 31.3 Å². The van der Waals surface area contributed by atoms with Crippen molar-refractivity contribution in [2.45, 2.75) is 19.9 Å². The molecule has 1 unspecified atom stereocenters. The fraction of sp³-hybridized carbons (Fsp3) is 0.385. The molecule has 0 aliphatic carbocycles. The summed E-state index contributed by atoms with van der Waals surface area (Å²) < 4.78 is 15.2. The maximum absolute atomic E-state index is 12.1. The predicted octanol–water partition coefficient (Wildman–Crippen LogP) is 0.679. The van der Waals surface area contributed by atoms with E-state index in [0.29, 0.717) is 11.5 Å². The lowest BCUT2D eigenvalue weighted by Crippen LogP contribution is -2.39. The number of amides is 1. The Bertz CT molecular complexity index is 544. The molecule has 3 N–H and O–H groups in total. The first kappa shape index (κ1) is 14.0. The maximum atomic E-state index is 12.1. The number of carbonyl (C=O) groups is 2. The summed E-state index contributed by atoms with van der Waals surface area (Å²) in [7, 11) is 0. The number of hydrogen-bond donors (Lipinski definition) is 2. The molecule has 1 aliphatic rings. The zero-order chi connectivity index (χ0) is 14.7. The Hall–Kier alpha value is -2.44. The fourth-order valence-corrected chi connectivity index (χ4v) is 1.75. The highest BCUT2D eigenvalue weighted by Gasteiger charge is 2.22. The lowest BCUT2D eigenvalue weighted by atomic mass is 10.1. The van der Waals surface area contributed by atoms with Gasteiger partial charge < -0.3 is 25.3 Å². The summed E-state index contributed by atoms with van der Waals surface area (Å²) in [5.41, 5.74) is 6.27. The zero-order valence-electron chi connectivity index (χ0n) is 11.3. The van der Waals surface area contributed by atoms with Gasteiger partial charge in [0.1, 0.15) is 6.04 Å². The Balaban J connectivity index is 2.12. The van der Waals surface area contributed by atoms with E-state index in [-0.39, 0.29) is 24.7 Å². The van der Waals surface area contributed by atoms with E-state index in [1.54, 1.807) is 13.8 Å². The summed E-state index contributed by atoms with van der Waals surface area (Å²) in [5.74, 6) is -0.0212. The Morgan fingerprint density at radius 2 is 2.05 bits per heavy atom. The molecule has 0 fully saturated rings. The van der Waals surface area contributed by atoms with Crippen LogP contribution >= 0.6 is 0 Å². The van der Waals surface area contributed by atoms with Gasteiger partial charge in [0.05, 0.1) is 12.2 Å². The molecule has 0 bridgehead atoms. The van der Waals surface area contributed by atoms with Crippen molar-refractivity contribution >= 4 is 17.6 Å². The van der Waals surface area contributed by atoms with E-state index in [4.69, 9.17) is 19.9 Å². The minimum Gasteiger partial charge on any atom is -0.464 e. The number of hydrogen-bond acceptors (Lipinski definition) is 6. The molecule has 7 heteroatoms. The third kappa shape index (κ3) is 2.76. The molecular formula is C13H16N2O5. The Morgan fingerprint density at radius 1 is 1.40 bits per heavy atom. The lowest BCUT2D eigenvalue weighted by molar-refractivity contribution is -0.144. The number of fused-ring (bicyclic) bond motifs is 1. The van der Waals surface area contributed by atoms with Crippen molar-refractivity contribution in [1.29, 1.82) is 0 Å². The number of esters is 1. The van der Waals surface area contributed by atoms with Crippen LogP contribution in [0.1, 0.15) is 24.2 Å². The highest BCUT2D eigenvalue weighted by Crippen LogP contribution is 2.35. The summed E-state index contributed by atoms with van der Waals surface area (Å²) >= 11 is 0. The van der Waals surface area contributed by atoms with Crippen LogP contribution in [-0.2, 0) is 9.53 Å². The van der Waals surface area contributed by atoms with Crippen LogP contribution in [0.25, 0.3) is 0 Å². The molecule has 0 saturated carbocycles. The third-order valence-electron chi connectivity index (χ3n) is 2.78. The average molecular weight is 280 g/mol. The molecule has 0 spiro atoms. The number of nitrogens with one attached hydrogen (secondary N) is 1. The topological polar surface area (TPSA) is 99.9 Å². The van der Waals surface area contributed by atoms with Crippen molar-refractivity contribution in [3.8, 4) is 11.5 Å². The van der Waals surface area contributed by atoms with Gasteiger partial charge in [0.15, 0.2) is 11.5 Å². The molecule has 108 valence electrons. The quantitative estimate of drug-likeness (QED) is 0.621. The zero-order valence-corrected chi connectivity index (χ0v) is 11.3. The van der Waals surface area contributed by atoms with Crippen molar-refractivity contribution in [2.24, 2.45) is 0 Å². The number of rotatable bonds is 4. The Morgan fingerprint density at radius 3 is 2.70 bits per heavy atom. The van der Waals surface area contributed by atoms with Crippen LogP contribution in [0.3, 0.4) is 0 Å². The van der Waals surface area contributed by atoms with E-state index in [9.17, 15) is 9.59 Å². The van der Waals surface area contributed by atoms with Gasteiger partial charge in [-0.3, -0.25) is 4.79 Å². The molecule has 0 aromatic heterocycles. The molecule has 1 aliphatic heterocycles. The van der Waals surface area contributed by atoms with Crippen molar-refractivity contribution < 1.29 is 23.8 Å². The monoisotopic (exact) mass is 280 g/mol. The van der Waals surface area contributed by atoms with Crippen LogP contribution in [0.5, 0.6) is 11.5 Å². The Labute approximate surface area is 116 Å². The van der Waals surface area contributed by atoms with Crippen LogP contribution in [0, 0.1) is 0 Å². The van der Waals surface area contributed by atoms with Crippen LogP contribution in [0.2, 0.25) is 0 Å². The highest BCUT2D eigenvalue weighted by atomic mass is 16.7. The number of ether oxygens (including phenoxy) is 3. The van der Waals surface area contributed by atoms with Crippen molar-refractivity contribution in [2.75, 3.05) is 19.1 Å². The summed E-state index contributed by atoms with van der Waals surface area (Å²) in [5, 5.41) is 2.52. The minimum absolute atomic E-state index is 0.0963. The molecule has 0 radical (unpaired) electrons. The van der Waals surface area contributed by atoms with E-state index in [1.165, 1.54) is 12.1 Å². The van der Waals surface area contributed by atoms with Crippen LogP contribution in [0.15, 0.2) is 12.1 Å². The molecule has 20 heavy (non-hydrogen) atoms. The van der Waals surface area contributed by atoms with Gasteiger partial charge in [-0.05, 0) is 19.9 Å². The molecule has 0 saturated heterocycles. The first-order valence-electron chi connectivity index (χ1n) is 6.19. The largest absolute Gasteiger partial charge is 0.464 e. The Kier molecular flexibility index (Phi) is 3.97. The number of benzene rings is 1. The number of anilines is 1. The summed E-state index contributed by atoms with van der Waals surface area (Å²) in [6.07, 6.45) is 0. The summed E-state index contributed by atoms with van der Waals surface area (Å²) in [6.45, 7) is 3.59. The summed E-state index contributed by atoms with van der Waals surface area (Å²) in [6, 6.07) is 2.25. The average Bonchev–Trinajstić information content (AvgIpc) is 2.84. The molecular weight excluding hydrogens is 264 g/mol. The van der Waals surface area contributed by atoms with Gasteiger partial charge in [-0.1, -0.05) is 0 Å². The van der Waals surface area contributed by atoms with E-state index in [0.717, 1.165) is 0 Å². The second-order valence-corrected chi connectivity index (χ2v) is 4.24. The second-order valence-electron chi connectivity index (χ2n) is 4.24. The fourth-order valence-electron chi connectivity index (χ4n) is 1.75. The van der Waals surface area contributed by atoms with Gasteiger partial charge in [0.2, 0.25) is 6.79 Å². The normalized spacial score (nSPS) is 13.7. The van der Waals surface area contributed by atoms with Gasteiger partial charge in [-0.2, -0.15) is 0 Å². The van der Waals surface area contributed by atoms with Gasteiger partial charge in [-0.15, -0.1) is 0 Å². The SMILES string of the molecule is CCOC(=O)C(C)NC(=O)c1cc2c(cc1N)OCO2. The smallest absolute Gasteiger partial charge is 0.328 e. The van der Waals surface area contributed by atoms with Crippen LogP contribution in [0.4, 0.5) is 5.69 Å². The van der Waals surface area contributed by atoms with E-state index in [2.05, 4.69) is 5.32 Å². The molecule has 1 heterocycles. The highest BCUT2D eigenvalue weighted by molar-refractivity contribution is 6.01. The maximum Gasteiger partial charge on any atom is 0.328 e. The minimum atomic E-state index is -0.757. The van der Waals surface area contributed by atoms with E-state index in [1.807, 2.05) is 0 Å². The molecule has 1 amide bonds. The molecule has 1 aromatic carbocycles. The van der Waals surface area contributed by atoms with Crippen molar-refractivity contribution in [1.82, 2.24) is 5.32 Å². The molecule has 2 rings (SSSR count). The molecule has 1 aromatic rings. The molecule has 7 nitrogen and oxygen atoms in total. The number of nitrogen functional groups attached to an aromatic ring is 1. The third-order valence-corrected chi connectivity index (χ3v) is 2.78. The van der Waals surface area contributed by atoms with Gasteiger partial charge >= 0.3 is 5.97 Å². The predicted molar refractivity (Wildman–Crippen MR) is 70.5 cm³/mol. The van der Waals surface area contributed by atoms with Gasteiger partial charge in [0, 0.05) is 11.8 Å². The van der Waals surface area contributed by atoms with E-state index < -0.39 is 17.9 Å². The van der Waals surface area contributed by atoms with Gasteiger partial charge in [0.25, 0.3) is 5.91 Å². The second kappa shape index (κ2) is 5.68. The molecule has 1 atom stereocenters. The summed E-state index contributed by atoms with van der Waals surface area (Å²) in [4.78, 5) is 23.6. The van der Waals surface area contributed by atoms with Crippen LogP contribution < -0.4 is 20.5 Å². The standard InChI is InChI=1S/C13H16N2O5/c1-3-18-13(17)7(2)15-12(16)8-4-10-11(5-9(8)14)20-6-19-10/h4-5,7H,3,6,14H2,1-2H3,(H,15,16). The number of carbonyl (C=O) groups excluding carboxylic acids is 2. The van der Waals surface area contributed by atoms with E-state index >= 15 is 0 Å². The number of nitrogens with two attached hydrogens (primary N) is 1. The lowest BCUT2D eigenvalue weighted by Gasteiger charge is -2.13. The van der Waals surface area contributed by atoms with Crippen molar-refractivity contribution in [3.05, 3.63) is 17.7 Å². The van der Waals surface area contributed by atoms with Gasteiger partial charge in [-0.25, -0.2) is 4.79 Å².